The van der Waals surface area contributed by atoms with Gasteiger partial charge in [-0.05, 0) is 48.4 Å². The zero-order valence-electron chi connectivity index (χ0n) is 15.4. The molecular formula is C21H21F2N3O2. The number of alkyl halides is 2. The van der Waals surface area contributed by atoms with Gasteiger partial charge in [0.05, 0.1) is 11.6 Å². The molecule has 1 amide bonds. The zero-order chi connectivity index (χ0) is 19.9. The lowest BCUT2D eigenvalue weighted by molar-refractivity contribution is -0.0498. The van der Waals surface area contributed by atoms with Crippen molar-refractivity contribution in [2.45, 2.75) is 19.6 Å². The van der Waals surface area contributed by atoms with Crippen LogP contribution < -0.4 is 4.74 Å². The fraction of sp³-hybridized carbons (Fsp3) is 0.333. The van der Waals surface area contributed by atoms with Crippen molar-refractivity contribution in [1.29, 1.82) is 5.26 Å². The van der Waals surface area contributed by atoms with Crippen LogP contribution in [0.4, 0.5) is 8.78 Å². The number of benzene rings is 2. The number of carbonyl (C=O) groups excluding carboxylic acids is 1. The van der Waals surface area contributed by atoms with E-state index in [1.54, 1.807) is 4.90 Å². The molecule has 146 valence electrons. The molecule has 28 heavy (non-hydrogen) atoms. The standard InChI is InChI=1S/C21H21F2N3O2/c22-21(23)28-19-8-6-18(7-9-19)20(27)26-11-1-10-25(12-13-26)15-17-4-2-16(14-24)3-5-17/h2-9,21H,1,10-13,15H2. The van der Waals surface area contributed by atoms with Crippen LogP contribution in [0, 0.1) is 11.3 Å². The van der Waals surface area contributed by atoms with Crippen LogP contribution in [0.25, 0.3) is 0 Å². The highest BCUT2D eigenvalue weighted by atomic mass is 19.3. The Bertz CT molecular complexity index is 832. The van der Waals surface area contributed by atoms with E-state index in [4.69, 9.17) is 5.26 Å². The molecule has 1 fully saturated rings. The molecule has 2 aromatic carbocycles. The fourth-order valence-electron chi connectivity index (χ4n) is 3.24. The summed E-state index contributed by atoms with van der Waals surface area (Å²) < 4.78 is 28.8. The molecular weight excluding hydrogens is 364 g/mol. The summed E-state index contributed by atoms with van der Waals surface area (Å²) in [4.78, 5) is 16.8. The Morgan fingerprint density at radius 3 is 2.39 bits per heavy atom. The Morgan fingerprint density at radius 2 is 1.75 bits per heavy atom. The minimum atomic E-state index is -2.88. The van der Waals surface area contributed by atoms with Gasteiger partial charge in [0.25, 0.3) is 5.91 Å². The Balaban J connectivity index is 1.56. The van der Waals surface area contributed by atoms with Gasteiger partial charge >= 0.3 is 6.61 Å². The highest BCUT2D eigenvalue weighted by Crippen LogP contribution is 2.17. The van der Waals surface area contributed by atoms with Gasteiger partial charge in [0, 0.05) is 38.3 Å². The summed E-state index contributed by atoms with van der Waals surface area (Å²) >= 11 is 0. The lowest BCUT2D eigenvalue weighted by Gasteiger charge is -2.22. The Labute approximate surface area is 162 Å². The molecule has 0 aromatic heterocycles. The van der Waals surface area contributed by atoms with Crippen LogP contribution in [0.1, 0.15) is 27.9 Å². The van der Waals surface area contributed by atoms with Gasteiger partial charge in [0.2, 0.25) is 0 Å². The summed E-state index contributed by atoms with van der Waals surface area (Å²) in [5, 5.41) is 8.88. The summed E-state index contributed by atoms with van der Waals surface area (Å²) in [5.74, 6) is -0.0696. The average molecular weight is 385 g/mol. The van der Waals surface area contributed by atoms with Crippen molar-refractivity contribution in [2.75, 3.05) is 26.2 Å². The maximum atomic E-state index is 12.7. The van der Waals surface area contributed by atoms with Crippen LogP contribution in [0.5, 0.6) is 5.75 Å². The van der Waals surface area contributed by atoms with E-state index in [0.29, 0.717) is 24.2 Å². The molecule has 3 rings (SSSR count). The molecule has 0 radical (unpaired) electrons. The van der Waals surface area contributed by atoms with Gasteiger partial charge in [-0.2, -0.15) is 14.0 Å². The Hall–Kier alpha value is -2.98. The van der Waals surface area contributed by atoms with Crippen molar-refractivity contribution >= 4 is 5.91 Å². The smallest absolute Gasteiger partial charge is 0.387 e. The first-order valence-electron chi connectivity index (χ1n) is 9.11. The number of carbonyl (C=O) groups is 1. The maximum absolute atomic E-state index is 12.7. The van der Waals surface area contributed by atoms with Gasteiger partial charge in [-0.1, -0.05) is 12.1 Å². The van der Waals surface area contributed by atoms with Gasteiger partial charge in [-0.3, -0.25) is 9.69 Å². The van der Waals surface area contributed by atoms with Gasteiger partial charge in [0.15, 0.2) is 0 Å². The highest BCUT2D eigenvalue weighted by Gasteiger charge is 2.20. The van der Waals surface area contributed by atoms with E-state index < -0.39 is 6.61 Å². The second-order valence-electron chi connectivity index (χ2n) is 6.63. The average Bonchev–Trinajstić information content (AvgIpc) is 2.94. The minimum Gasteiger partial charge on any atom is -0.435 e. The van der Waals surface area contributed by atoms with E-state index in [9.17, 15) is 13.6 Å². The zero-order valence-corrected chi connectivity index (χ0v) is 15.4. The number of nitriles is 1. The van der Waals surface area contributed by atoms with Crippen molar-refractivity contribution in [3.63, 3.8) is 0 Å². The molecule has 5 nitrogen and oxygen atoms in total. The molecule has 1 aliphatic heterocycles. The quantitative estimate of drug-likeness (QED) is 0.790. The summed E-state index contributed by atoms with van der Waals surface area (Å²) in [6.07, 6.45) is 0.856. The molecule has 1 heterocycles. The van der Waals surface area contributed by atoms with E-state index in [1.165, 1.54) is 24.3 Å². The first-order valence-corrected chi connectivity index (χ1v) is 9.11. The molecule has 1 saturated heterocycles. The summed E-state index contributed by atoms with van der Waals surface area (Å²) in [6, 6.07) is 15.4. The first kappa shape index (κ1) is 19.8. The lowest BCUT2D eigenvalue weighted by atomic mass is 10.1. The number of amides is 1. The van der Waals surface area contributed by atoms with Crippen LogP contribution in [0.15, 0.2) is 48.5 Å². The number of halogens is 2. The molecule has 7 heteroatoms. The monoisotopic (exact) mass is 385 g/mol. The lowest BCUT2D eigenvalue weighted by Crippen LogP contribution is -2.35. The van der Waals surface area contributed by atoms with E-state index in [-0.39, 0.29) is 11.7 Å². The Morgan fingerprint density at radius 1 is 1.04 bits per heavy atom. The summed E-state index contributed by atoms with van der Waals surface area (Å²) in [5.41, 5.74) is 2.23. The number of nitrogens with zero attached hydrogens (tertiary/aromatic N) is 3. The Kier molecular flexibility index (Phi) is 6.56. The maximum Gasteiger partial charge on any atom is 0.387 e. The third-order valence-corrected chi connectivity index (χ3v) is 4.69. The summed E-state index contributed by atoms with van der Waals surface area (Å²) in [6.45, 7) is 0.772. The van der Waals surface area contributed by atoms with Crippen molar-refractivity contribution in [2.24, 2.45) is 0 Å². The third kappa shape index (κ3) is 5.27. The van der Waals surface area contributed by atoms with Crippen molar-refractivity contribution in [1.82, 2.24) is 9.80 Å². The van der Waals surface area contributed by atoms with Gasteiger partial charge in [0.1, 0.15) is 5.75 Å². The third-order valence-electron chi connectivity index (χ3n) is 4.69. The topological polar surface area (TPSA) is 56.6 Å². The minimum absolute atomic E-state index is 0.0380. The van der Waals surface area contributed by atoms with Crippen molar-refractivity contribution in [3.05, 3.63) is 65.2 Å². The van der Waals surface area contributed by atoms with Crippen molar-refractivity contribution in [3.8, 4) is 11.8 Å². The molecule has 1 aliphatic rings. The molecule has 0 bridgehead atoms. The molecule has 0 atom stereocenters. The van der Waals surface area contributed by atoms with E-state index in [0.717, 1.165) is 31.6 Å². The van der Waals surface area contributed by atoms with Crippen LogP contribution in [-0.2, 0) is 6.54 Å². The molecule has 0 spiro atoms. The highest BCUT2D eigenvalue weighted by molar-refractivity contribution is 5.94. The van der Waals surface area contributed by atoms with E-state index in [2.05, 4.69) is 15.7 Å². The first-order chi connectivity index (χ1) is 13.5. The molecule has 0 saturated carbocycles. The van der Waals surface area contributed by atoms with Crippen LogP contribution in [0.3, 0.4) is 0 Å². The largest absolute Gasteiger partial charge is 0.435 e. The van der Waals surface area contributed by atoms with E-state index in [1.807, 2.05) is 24.3 Å². The van der Waals surface area contributed by atoms with E-state index >= 15 is 0 Å². The van der Waals surface area contributed by atoms with Gasteiger partial charge < -0.3 is 9.64 Å². The number of hydrogen-bond donors (Lipinski definition) is 0. The fourth-order valence-corrected chi connectivity index (χ4v) is 3.24. The van der Waals surface area contributed by atoms with Crippen LogP contribution >= 0.6 is 0 Å². The second kappa shape index (κ2) is 9.29. The predicted molar refractivity (Wildman–Crippen MR) is 100 cm³/mol. The molecule has 0 aliphatic carbocycles. The van der Waals surface area contributed by atoms with Crippen LogP contribution in [-0.4, -0.2) is 48.5 Å². The van der Waals surface area contributed by atoms with Gasteiger partial charge in [-0.25, -0.2) is 0 Å². The van der Waals surface area contributed by atoms with Crippen molar-refractivity contribution < 1.29 is 18.3 Å². The predicted octanol–water partition coefficient (Wildman–Crippen LogP) is 3.51. The SMILES string of the molecule is N#Cc1ccc(CN2CCCN(C(=O)c3ccc(OC(F)F)cc3)CC2)cc1. The second-order valence-corrected chi connectivity index (χ2v) is 6.63. The normalized spacial score (nSPS) is 15.1. The molecule has 0 unspecified atom stereocenters. The molecule has 2 aromatic rings. The number of ether oxygens (including phenoxy) is 1. The summed E-state index contributed by atoms with van der Waals surface area (Å²) in [7, 11) is 0. The number of hydrogen-bond acceptors (Lipinski definition) is 4. The van der Waals surface area contributed by atoms with Crippen LogP contribution in [0.2, 0.25) is 0 Å². The molecule has 0 N–H and O–H groups in total. The number of rotatable bonds is 5. The van der Waals surface area contributed by atoms with Gasteiger partial charge in [-0.15, -0.1) is 0 Å².